The van der Waals surface area contributed by atoms with Crippen LogP contribution >= 0.6 is 23.2 Å². The Morgan fingerprint density at radius 1 is 0.909 bits per heavy atom. The molecule has 1 aliphatic heterocycles. The zero-order valence-electron chi connectivity index (χ0n) is 12.8. The standard InChI is InChI=1S/C18H22Cl2N2/c19-17-6-5-15(13-18(17)20)7-11-21-12-8-16(14-21)22-9-3-1-2-4-10-22/h5-6,8,12-14H,1-4,7,9-11H2. The van der Waals surface area contributed by atoms with E-state index in [1.54, 1.807) is 0 Å². The van der Waals surface area contributed by atoms with Crippen LogP contribution in [0.3, 0.4) is 0 Å². The zero-order chi connectivity index (χ0) is 15.4. The van der Waals surface area contributed by atoms with Crippen LogP contribution in [0.1, 0.15) is 31.2 Å². The summed E-state index contributed by atoms with van der Waals surface area (Å²) in [5.41, 5.74) is 2.58. The van der Waals surface area contributed by atoms with Crippen molar-refractivity contribution in [2.24, 2.45) is 0 Å². The molecule has 118 valence electrons. The Kier molecular flexibility index (Phi) is 5.32. The minimum atomic E-state index is 0.620. The largest absolute Gasteiger partial charge is 0.370 e. The van der Waals surface area contributed by atoms with Gasteiger partial charge >= 0.3 is 0 Å². The summed E-state index contributed by atoms with van der Waals surface area (Å²) in [5.74, 6) is 0. The molecule has 0 N–H and O–H groups in total. The van der Waals surface area contributed by atoms with E-state index in [0.29, 0.717) is 10.0 Å². The highest BCUT2D eigenvalue weighted by Crippen LogP contribution is 2.23. The van der Waals surface area contributed by atoms with Crippen LogP contribution in [0.5, 0.6) is 0 Å². The van der Waals surface area contributed by atoms with Crippen LogP contribution in [-0.2, 0) is 13.0 Å². The summed E-state index contributed by atoms with van der Waals surface area (Å²) >= 11 is 12.0. The quantitative estimate of drug-likeness (QED) is 0.723. The minimum Gasteiger partial charge on any atom is -0.370 e. The van der Waals surface area contributed by atoms with Crippen LogP contribution in [-0.4, -0.2) is 17.7 Å². The number of halogens is 2. The lowest BCUT2D eigenvalue weighted by Crippen LogP contribution is -2.23. The van der Waals surface area contributed by atoms with Crippen LogP contribution in [0.2, 0.25) is 10.0 Å². The topological polar surface area (TPSA) is 8.17 Å². The molecule has 1 aliphatic rings. The third kappa shape index (κ3) is 3.99. The maximum atomic E-state index is 6.07. The first kappa shape index (κ1) is 15.8. The number of aromatic nitrogens is 1. The fourth-order valence-electron chi connectivity index (χ4n) is 3.04. The number of aryl methyl sites for hydroxylation is 2. The van der Waals surface area contributed by atoms with Crippen molar-refractivity contribution in [1.82, 2.24) is 4.57 Å². The molecule has 1 fully saturated rings. The van der Waals surface area contributed by atoms with Gasteiger partial charge in [0.15, 0.2) is 0 Å². The second kappa shape index (κ2) is 7.43. The Labute approximate surface area is 142 Å². The van der Waals surface area contributed by atoms with E-state index in [9.17, 15) is 0 Å². The van der Waals surface area contributed by atoms with E-state index >= 15 is 0 Å². The highest BCUT2D eigenvalue weighted by molar-refractivity contribution is 6.42. The van der Waals surface area contributed by atoms with E-state index in [-0.39, 0.29) is 0 Å². The normalized spacial score (nSPS) is 15.8. The molecule has 0 spiro atoms. The van der Waals surface area contributed by atoms with Crippen LogP contribution < -0.4 is 4.90 Å². The molecular formula is C18H22Cl2N2. The molecule has 0 amide bonds. The van der Waals surface area contributed by atoms with Crippen molar-refractivity contribution in [3.63, 3.8) is 0 Å². The van der Waals surface area contributed by atoms with Gasteiger partial charge in [-0.1, -0.05) is 42.1 Å². The number of nitrogens with zero attached hydrogens (tertiary/aromatic N) is 2. The third-order valence-corrected chi connectivity index (χ3v) is 5.09. The first-order valence-corrected chi connectivity index (χ1v) is 8.82. The summed E-state index contributed by atoms with van der Waals surface area (Å²) in [4.78, 5) is 2.52. The van der Waals surface area contributed by atoms with Crippen LogP contribution in [0.25, 0.3) is 0 Å². The van der Waals surface area contributed by atoms with Crippen LogP contribution in [0.15, 0.2) is 36.7 Å². The van der Waals surface area contributed by atoms with Crippen molar-refractivity contribution < 1.29 is 0 Å². The van der Waals surface area contributed by atoms with Gasteiger partial charge in [0.05, 0.1) is 15.7 Å². The van der Waals surface area contributed by atoms with E-state index in [2.05, 4.69) is 27.9 Å². The molecule has 2 heterocycles. The number of anilines is 1. The van der Waals surface area contributed by atoms with E-state index in [4.69, 9.17) is 23.2 Å². The summed E-state index contributed by atoms with van der Waals surface area (Å²) in [6.07, 6.45) is 10.8. The minimum absolute atomic E-state index is 0.620. The van der Waals surface area contributed by atoms with Gasteiger partial charge in [-0.05, 0) is 43.0 Å². The summed E-state index contributed by atoms with van der Waals surface area (Å²) in [6.45, 7) is 3.35. The van der Waals surface area contributed by atoms with Crippen molar-refractivity contribution in [3.8, 4) is 0 Å². The van der Waals surface area contributed by atoms with Crippen molar-refractivity contribution in [3.05, 3.63) is 52.3 Å². The molecule has 1 aromatic carbocycles. The fourth-order valence-corrected chi connectivity index (χ4v) is 3.36. The number of hydrogen-bond acceptors (Lipinski definition) is 1. The maximum absolute atomic E-state index is 6.07. The molecule has 0 saturated carbocycles. The molecule has 0 radical (unpaired) electrons. The molecule has 0 bridgehead atoms. The second-order valence-corrected chi connectivity index (χ2v) is 6.82. The van der Waals surface area contributed by atoms with Gasteiger partial charge in [0.25, 0.3) is 0 Å². The predicted octanol–water partition coefficient (Wildman–Crippen LogP) is 5.42. The molecule has 0 unspecified atom stereocenters. The highest BCUT2D eigenvalue weighted by atomic mass is 35.5. The third-order valence-electron chi connectivity index (χ3n) is 4.35. The Balaban J connectivity index is 1.60. The number of benzene rings is 1. The Bertz CT molecular complexity index is 613. The zero-order valence-corrected chi connectivity index (χ0v) is 14.3. The molecule has 3 rings (SSSR count). The van der Waals surface area contributed by atoms with Gasteiger partial charge in [-0.15, -0.1) is 0 Å². The average molecular weight is 337 g/mol. The number of rotatable bonds is 4. The van der Waals surface area contributed by atoms with Gasteiger partial charge in [0, 0.05) is 32.0 Å². The Hall–Kier alpha value is -1.12. The van der Waals surface area contributed by atoms with E-state index in [0.717, 1.165) is 13.0 Å². The monoisotopic (exact) mass is 336 g/mol. The predicted molar refractivity (Wildman–Crippen MR) is 95.3 cm³/mol. The van der Waals surface area contributed by atoms with Gasteiger partial charge in [-0.2, -0.15) is 0 Å². The van der Waals surface area contributed by atoms with E-state index < -0.39 is 0 Å². The highest BCUT2D eigenvalue weighted by Gasteiger charge is 2.10. The van der Waals surface area contributed by atoms with Crippen molar-refractivity contribution in [2.45, 2.75) is 38.6 Å². The molecule has 1 aromatic heterocycles. The lowest BCUT2D eigenvalue weighted by Gasteiger charge is -2.20. The van der Waals surface area contributed by atoms with Gasteiger partial charge in [0.2, 0.25) is 0 Å². The summed E-state index contributed by atoms with van der Waals surface area (Å²) in [5, 5.41) is 1.26. The lowest BCUT2D eigenvalue weighted by molar-refractivity contribution is 0.698. The summed E-state index contributed by atoms with van der Waals surface area (Å²) in [7, 11) is 0. The van der Waals surface area contributed by atoms with Crippen molar-refractivity contribution in [2.75, 3.05) is 18.0 Å². The second-order valence-electron chi connectivity index (χ2n) is 6.01. The fraction of sp³-hybridized carbons (Fsp3) is 0.444. The van der Waals surface area contributed by atoms with Crippen molar-refractivity contribution in [1.29, 1.82) is 0 Å². The van der Waals surface area contributed by atoms with Crippen LogP contribution in [0, 0.1) is 0 Å². The SMILES string of the molecule is Clc1ccc(CCn2ccc(N3CCCCCC3)c2)cc1Cl. The van der Waals surface area contributed by atoms with Gasteiger partial charge in [0.1, 0.15) is 0 Å². The molecule has 2 nitrogen and oxygen atoms in total. The smallest absolute Gasteiger partial charge is 0.0595 e. The maximum Gasteiger partial charge on any atom is 0.0595 e. The molecule has 2 aromatic rings. The first-order chi connectivity index (χ1) is 10.7. The van der Waals surface area contributed by atoms with Crippen molar-refractivity contribution >= 4 is 28.9 Å². The molecule has 4 heteroatoms. The first-order valence-electron chi connectivity index (χ1n) is 8.07. The Morgan fingerprint density at radius 2 is 1.68 bits per heavy atom. The number of hydrogen-bond donors (Lipinski definition) is 0. The van der Waals surface area contributed by atoms with Gasteiger partial charge in [-0.25, -0.2) is 0 Å². The molecule has 0 atom stereocenters. The lowest BCUT2D eigenvalue weighted by atomic mass is 10.1. The molecule has 22 heavy (non-hydrogen) atoms. The molecular weight excluding hydrogens is 315 g/mol. The van der Waals surface area contributed by atoms with E-state index in [1.165, 1.54) is 50.0 Å². The Morgan fingerprint density at radius 3 is 2.41 bits per heavy atom. The molecule has 1 saturated heterocycles. The van der Waals surface area contributed by atoms with E-state index in [1.807, 2.05) is 18.2 Å². The average Bonchev–Trinajstić information content (AvgIpc) is 2.82. The summed E-state index contributed by atoms with van der Waals surface area (Å²) < 4.78 is 2.27. The van der Waals surface area contributed by atoms with Gasteiger partial charge in [-0.3, -0.25) is 0 Å². The summed E-state index contributed by atoms with van der Waals surface area (Å²) in [6, 6.07) is 8.12. The van der Waals surface area contributed by atoms with Crippen LogP contribution in [0.4, 0.5) is 5.69 Å². The van der Waals surface area contributed by atoms with Gasteiger partial charge < -0.3 is 9.47 Å². The molecule has 0 aliphatic carbocycles.